The van der Waals surface area contributed by atoms with Crippen LogP contribution in [0.15, 0.2) is 41.3 Å². The van der Waals surface area contributed by atoms with E-state index in [0.717, 1.165) is 3.57 Å². The molecule has 0 bridgehead atoms. The Hall–Kier alpha value is -0.520. The Bertz CT molecular complexity index is 916. The molecule has 11 heteroatoms. The van der Waals surface area contributed by atoms with Crippen LogP contribution >= 0.6 is 67.8 Å². The number of esters is 2. The molecule has 0 unspecified atom stereocenters. The third-order valence-electron chi connectivity index (χ3n) is 2.63. The maximum absolute atomic E-state index is 11.8. The summed E-state index contributed by atoms with van der Waals surface area (Å²) in [6, 6.07) is 8.88. The van der Waals surface area contributed by atoms with Crippen molar-refractivity contribution in [3.05, 3.63) is 47.1 Å². The highest BCUT2D eigenvalue weighted by Crippen LogP contribution is 2.29. The zero-order chi connectivity index (χ0) is 18.8. The maximum atomic E-state index is 11.8. The maximum Gasteiger partial charge on any atom is 0.423 e. The molecule has 2 aromatic carbocycles. The highest BCUT2D eigenvalue weighted by Gasteiger charge is 2.23. The van der Waals surface area contributed by atoms with Crippen molar-refractivity contribution in [1.82, 2.24) is 0 Å². The fourth-order valence-corrected chi connectivity index (χ4v) is 5.99. The number of benzene rings is 2. The second-order valence-corrected chi connectivity index (χ2v) is 9.35. The Kier molecular flexibility index (Phi) is 7.02. The molecule has 0 heterocycles. The van der Waals surface area contributed by atoms with Gasteiger partial charge in [0.1, 0.15) is 16.4 Å². The van der Waals surface area contributed by atoms with E-state index in [1.807, 2.05) is 0 Å². The number of halogens is 3. The van der Waals surface area contributed by atoms with Gasteiger partial charge in [-0.05, 0) is 104 Å². The van der Waals surface area contributed by atoms with E-state index in [-0.39, 0.29) is 23.5 Å². The highest BCUT2D eigenvalue weighted by molar-refractivity contribution is 14.1. The number of rotatable bonds is 3. The van der Waals surface area contributed by atoms with E-state index >= 15 is 0 Å². The van der Waals surface area contributed by atoms with Crippen LogP contribution in [0.1, 0.15) is 0 Å². The molecule has 0 amide bonds. The molecule has 1 N–H and O–H groups in total. The molecule has 0 atom stereocenters. The summed E-state index contributed by atoms with van der Waals surface area (Å²) in [5.41, 5.74) is 0. The Morgan fingerprint density at radius 3 is 1.72 bits per heavy atom. The second-order valence-electron chi connectivity index (χ2n) is 4.42. The molecule has 0 aliphatic heterocycles. The van der Waals surface area contributed by atoms with Gasteiger partial charge in [-0.2, -0.15) is 8.42 Å². The first-order valence-electron chi connectivity index (χ1n) is 6.24. The Morgan fingerprint density at radius 1 is 0.840 bits per heavy atom. The van der Waals surface area contributed by atoms with E-state index in [4.69, 9.17) is 9.47 Å². The lowest BCUT2D eigenvalue weighted by atomic mass is 10.3. The molecule has 7 nitrogen and oxygen atoms in total. The molecule has 0 aliphatic rings. The van der Waals surface area contributed by atoms with Crippen molar-refractivity contribution >= 4 is 89.8 Å². The van der Waals surface area contributed by atoms with Crippen molar-refractivity contribution in [3.8, 4) is 11.5 Å². The van der Waals surface area contributed by atoms with Gasteiger partial charge in [0, 0.05) is 10.7 Å². The Morgan fingerprint density at radius 2 is 1.28 bits per heavy atom. The van der Waals surface area contributed by atoms with Gasteiger partial charge in [0.2, 0.25) is 0 Å². The zero-order valence-corrected chi connectivity index (χ0v) is 19.2. The smallest absolute Gasteiger partial charge is 0.418 e. The van der Waals surface area contributed by atoms with Gasteiger partial charge >= 0.3 is 11.9 Å². The van der Waals surface area contributed by atoms with Crippen molar-refractivity contribution in [2.45, 2.75) is 4.90 Å². The number of carbonyl (C=O) groups excluding carboxylic acids is 2. The van der Waals surface area contributed by atoms with Crippen LogP contribution in [-0.4, -0.2) is 24.9 Å². The predicted molar refractivity (Wildman–Crippen MR) is 112 cm³/mol. The lowest BCUT2D eigenvalue weighted by molar-refractivity contribution is -0.156. The molecule has 0 radical (unpaired) electrons. The van der Waals surface area contributed by atoms with Gasteiger partial charge in [-0.1, -0.05) is 0 Å². The predicted octanol–water partition coefficient (Wildman–Crippen LogP) is 3.26. The summed E-state index contributed by atoms with van der Waals surface area (Å²) in [5, 5.41) is 0. The summed E-state index contributed by atoms with van der Waals surface area (Å²) in [6.45, 7) is 0. The average Bonchev–Trinajstić information content (AvgIpc) is 2.47. The van der Waals surface area contributed by atoms with Gasteiger partial charge in [-0.15, -0.1) is 0 Å². The van der Waals surface area contributed by atoms with E-state index in [0.29, 0.717) is 0 Å². The molecule has 0 aromatic heterocycles. The number of carbonyl (C=O) groups is 2. The molecule has 0 fully saturated rings. The van der Waals surface area contributed by atoms with Crippen LogP contribution in [-0.2, 0) is 19.7 Å². The third-order valence-corrected chi connectivity index (χ3v) is 6.74. The van der Waals surface area contributed by atoms with E-state index < -0.39 is 22.1 Å². The highest BCUT2D eigenvalue weighted by atomic mass is 127. The molecule has 0 saturated carbocycles. The molecular weight excluding hydrogens is 693 g/mol. The minimum Gasteiger partial charge on any atom is -0.418 e. The van der Waals surface area contributed by atoms with Crippen LogP contribution in [0.4, 0.5) is 0 Å². The summed E-state index contributed by atoms with van der Waals surface area (Å²) in [6.07, 6.45) is 0. The zero-order valence-electron chi connectivity index (χ0n) is 11.9. The van der Waals surface area contributed by atoms with E-state index in [9.17, 15) is 22.6 Å². The normalized spacial score (nSPS) is 11.0. The van der Waals surface area contributed by atoms with Gasteiger partial charge in [-0.3, -0.25) is 4.55 Å². The summed E-state index contributed by atoms with van der Waals surface area (Å²) in [4.78, 5) is 23.3. The van der Waals surface area contributed by atoms with Crippen LogP contribution in [0.5, 0.6) is 11.5 Å². The van der Waals surface area contributed by atoms with Crippen molar-refractivity contribution in [3.63, 3.8) is 0 Å². The topological polar surface area (TPSA) is 107 Å². The monoisotopic (exact) mass is 700 g/mol. The lowest BCUT2D eigenvalue weighted by Crippen LogP contribution is -2.25. The molecule has 2 rings (SSSR count). The van der Waals surface area contributed by atoms with Gasteiger partial charge in [0.25, 0.3) is 10.1 Å². The first-order chi connectivity index (χ1) is 11.6. The number of hydrogen-bond donors (Lipinski definition) is 1. The average molecular weight is 700 g/mol. The van der Waals surface area contributed by atoms with Crippen molar-refractivity contribution in [1.29, 1.82) is 0 Å². The molecule has 0 spiro atoms. The molecule has 0 saturated heterocycles. The second kappa shape index (κ2) is 8.45. The summed E-state index contributed by atoms with van der Waals surface area (Å²) >= 11 is 5.42. The van der Waals surface area contributed by atoms with Crippen molar-refractivity contribution in [2.24, 2.45) is 0 Å². The van der Waals surface area contributed by atoms with Crippen molar-refractivity contribution in [2.75, 3.05) is 0 Å². The first kappa shape index (κ1) is 20.8. The fourth-order valence-electron chi connectivity index (χ4n) is 1.64. The summed E-state index contributed by atoms with van der Waals surface area (Å²) < 4.78 is 42.8. The molecule has 132 valence electrons. The van der Waals surface area contributed by atoms with E-state index in [1.54, 1.807) is 57.3 Å². The first-order valence-corrected chi connectivity index (χ1v) is 10.9. The number of hydrogen-bond acceptors (Lipinski definition) is 6. The molecule has 2 aromatic rings. The molecule has 25 heavy (non-hydrogen) atoms. The van der Waals surface area contributed by atoms with Gasteiger partial charge in [0.05, 0.1) is 0 Å². The van der Waals surface area contributed by atoms with Crippen LogP contribution in [0.3, 0.4) is 0 Å². The van der Waals surface area contributed by atoms with Crippen LogP contribution in [0.2, 0.25) is 0 Å². The minimum absolute atomic E-state index is 0.0502. The van der Waals surface area contributed by atoms with Crippen molar-refractivity contribution < 1.29 is 32.0 Å². The standard InChI is InChI=1S/C14H7I3O7S/c15-7-1-3-8(4-2-7)23-13(18)14(19)24-9-5-10(16)12(11(17)6-9)25(20,21)22/h1-6H,(H,20,21,22). The molecular formula is C14H7I3O7S. The molecule has 0 aliphatic carbocycles. The third kappa shape index (κ3) is 5.73. The Labute approximate surface area is 183 Å². The quantitative estimate of drug-likeness (QED) is 0.173. The number of ether oxygens (including phenoxy) is 2. The van der Waals surface area contributed by atoms with Crippen LogP contribution in [0, 0.1) is 10.7 Å². The fraction of sp³-hybridized carbons (Fsp3) is 0. The van der Waals surface area contributed by atoms with E-state index in [1.165, 1.54) is 24.3 Å². The lowest BCUT2D eigenvalue weighted by Gasteiger charge is -2.09. The minimum atomic E-state index is -4.42. The van der Waals surface area contributed by atoms with Crippen LogP contribution < -0.4 is 9.47 Å². The SMILES string of the molecule is O=C(Oc1ccc(I)cc1)C(=O)Oc1cc(I)c(S(=O)(=O)O)c(I)c1. The largest absolute Gasteiger partial charge is 0.423 e. The van der Waals surface area contributed by atoms with Gasteiger partial charge in [0.15, 0.2) is 0 Å². The summed E-state index contributed by atoms with van der Waals surface area (Å²) in [5.74, 6) is -2.34. The Balaban J connectivity index is 2.15. The van der Waals surface area contributed by atoms with Crippen LogP contribution in [0.25, 0.3) is 0 Å². The summed E-state index contributed by atoms with van der Waals surface area (Å²) in [7, 11) is -4.42. The van der Waals surface area contributed by atoms with Gasteiger partial charge < -0.3 is 9.47 Å². The van der Waals surface area contributed by atoms with E-state index in [2.05, 4.69) is 22.6 Å². The van der Waals surface area contributed by atoms with Gasteiger partial charge in [-0.25, -0.2) is 9.59 Å².